The summed E-state index contributed by atoms with van der Waals surface area (Å²) >= 11 is 0. The van der Waals surface area contributed by atoms with Gasteiger partial charge in [-0.25, -0.2) is 4.98 Å². The van der Waals surface area contributed by atoms with E-state index in [1.807, 2.05) is 19.3 Å². The van der Waals surface area contributed by atoms with Crippen LogP contribution in [0.2, 0.25) is 0 Å². The summed E-state index contributed by atoms with van der Waals surface area (Å²) in [5, 5.41) is 3.26. The predicted octanol–water partition coefficient (Wildman–Crippen LogP) is 2.05. The molecular weight excluding hydrogens is 238 g/mol. The van der Waals surface area contributed by atoms with Gasteiger partial charge >= 0.3 is 0 Å². The first-order valence-electron chi connectivity index (χ1n) is 7.21. The number of rotatable bonds is 6. The molecule has 4 heteroatoms. The molecule has 0 amide bonds. The van der Waals surface area contributed by atoms with Gasteiger partial charge in [0.15, 0.2) is 0 Å². The van der Waals surface area contributed by atoms with Gasteiger partial charge in [-0.1, -0.05) is 12.5 Å². The lowest BCUT2D eigenvalue weighted by atomic mass is 9.98. The summed E-state index contributed by atoms with van der Waals surface area (Å²) in [4.78, 5) is 6.89. The maximum absolute atomic E-state index is 5.10. The van der Waals surface area contributed by atoms with E-state index in [0.29, 0.717) is 11.9 Å². The van der Waals surface area contributed by atoms with Crippen LogP contribution in [0.1, 0.15) is 31.2 Å². The average molecular weight is 263 g/mol. The van der Waals surface area contributed by atoms with E-state index in [1.54, 1.807) is 7.11 Å². The molecule has 1 saturated heterocycles. The first-order valence-corrected chi connectivity index (χ1v) is 7.21. The molecule has 1 aliphatic heterocycles. The van der Waals surface area contributed by atoms with Crippen molar-refractivity contribution in [3.05, 3.63) is 23.9 Å². The Morgan fingerprint density at radius 2 is 2.32 bits per heavy atom. The topological polar surface area (TPSA) is 37.4 Å². The highest BCUT2D eigenvalue weighted by molar-refractivity contribution is 5.17. The molecule has 0 radical (unpaired) electrons. The van der Waals surface area contributed by atoms with Gasteiger partial charge in [-0.05, 0) is 45.0 Å². The molecule has 0 aliphatic carbocycles. The zero-order chi connectivity index (χ0) is 13.5. The minimum atomic E-state index is 0.689. The molecule has 0 aromatic carbocycles. The van der Waals surface area contributed by atoms with E-state index in [1.165, 1.54) is 37.8 Å². The highest BCUT2D eigenvalue weighted by Crippen LogP contribution is 2.21. The summed E-state index contributed by atoms with van der Waals surface area (Å²) < 4.78 is 5.10. The molecule has 0 bridgehead atoms. The average Bonchev–Trinajstić information content (AvgIpc) is 2.47. The molecule has 1 atom stereocenters. The van der Waals surface area contributed by atoms with E-state index in [9.17, 15) is 0 Å². The normalized spacial score (nSPS) is 20.4. The second kappa shape index (κ2) is 7.46. The van der Waals surface area contributed by atoms with Crippen LogP contribution in [0.4, 0.5) is 0 Å². The van der Waals surface area contributed by atoms with E-state index >= 15 is 0 Å². The van der Waals surface area contributed by atoms with Crippen LogP contribution >= 0.6 is 0 Å². The predicted molar refractivity (Wildman–Crippen MR) is 77.4 cm³/mol. The Morgan fingerprint density at radius 3 is 3.00 bits per heavy atom. The molecule has 1 fully saturated rings. The fourth-order valence-corrected chi connectivity index (χ4v) is 2.77. The molecule has 4 nitrogen and oxygen atoms in total. The third-order valence-electron chi connectivity index (χ3n) is 3.87. The van der Waals surface area contributed by atoms with Crippen molar-refractivity contribution >= 4 is 0 Å². The van der Waals surface area contributed by atoms with Gasteiger partial charge in [0.2, 0.25) is 5.88 Å². The Kier molecular flexibility index (Phi) is 5.61. The Bertz CT molecular complexity index is 366. The van der Waals surface area contributed by atoms with Crippen LogP contribution in [-0.2, 0) is 6.54 Å². The third-order valence-corrected chi connectivity index (χ3v) is 3.87. The lowest BCUT2D eigenvalue weighted by Gasteiger charge is -2.35. The Balaban J connectivity index is 1.93. The lowest BCUT2D eigenvalue weighted by Crippen LogP contribution is -2.40. The summed E-state index contributed by atoms with van der Waals surface area (Å²) in [5.41, 5.74) is 1.28. The Labute approximate surface area is 116 Å². The second-order valence-corrected chi connectivity index (χ2v) is 5.22. The number of likely N-dealkylation sites (tertiary alicyclic amines) is 1. The van der Waals surface area contributed by atoms with Gasteiger partial charge in [-0.3, -0.25) is 4.90 Å². The fourth-order valence-electron chi connectivity index (χ4n) is 2.77. The van der Waals surface area contributed by atoms with Gasteiger partial charge in [0.25, 0.3) is 0 Å². The van der Waals surface area contributed by atoms with Gasteiger partial charge < -0.3 is 10.1 Å². The number of hydrogen-bond acceptors (Lipinski definition) is 4. The summed E-state index contributed by atoms with van der Waals surface area (Å²) in [5.74, 6) is 0.689. The minimum absolute atomic E-state index is 0.689. The highest BCUT2D eigenvalue weighted by Gasteiger charge is 2.21. The number of piperidine rings is 1. The van der Waals surface area contributed by atoms with Crippen LogP contribution in [0.5, 0.6) is 5.88 Å². The summed E-state index contributed by atoms with van der Waals surface area (Å²) in [6.07, 6.45) is 7.18. The first kappa shape index (κ1) is 14.3. The van der Waals surface area contributed by atoms with E-state index in [0.717, 1.165) is 13.1 Å². The second-order valence-electron chi connectivity index (χ2n) is 5.22. The van der Waals surface area contributed by atoms with Crippen molar-refractivity contribution in [2.45, 2.75) is 38.3 Å². The molecule has 2 heterocycles. The number of nitrogens with zero attached hydrogens (tertiary/aromatic N) is 2. The van der Waals surface area contributed by atoms with Crippen LogP contribution < -0.4 is 10.1 Å². The van der Waals surface area contributed by atoms with E-state index in [4.69, 9.17) is 4.74 Å². The van der Waals surface area contributed by atoms with Crippen molar-refractivity contribution in [3.8, 4) is 5.88 Å². The zero-order valence-corrected chi connectivity index (χ0v) is 12.1. The maximum atomic E-state index is 5.10. The maximum Gasteiger partial charge on any atom is 0.212 e. The van der Waals surface area contributed by atoms with Gasteiger partial charge in [-0.2, -0.15) is 0 Å². The Hall–Kier alpha value is -1.13. The van der Waals surface area contributed by atoms with Gasteiger partial charge in [0.1, 0.15) is 0 Å². The van der Waals surface area contributed by atoms with Crippen LogP contribution in [0.3, 0.4) is 0 Å². The first-order chi connectivity index (χ1) is 9.33. The smallest absolute Gasteiger partial charge is 0.212 e. The quantitative estimate of drug-likeness (QED) is 0.852. The Morgan fingerprint density at radius 1 is 1.42 bits per heavy atom. The van der Waals surface area contributed by atoms with Gasteiger partial charge in [0.05, 0.1) is 7.11 Å². The monoisotopic (exact) mass is 263 g/mol. The highest BCUT2D eigenvalue weighted by atomic mass is 16.5. The number of ether oxygens (including phenoxy) is 1. The molecule has 0 saturated carbocycles. The number of hydrogen-bond donors (Lipinski definition) is 1. The van der Waals surface area contributed by atoms with Crippen molar-refractivity contribution in [3.63, 3.8) is 0 Å². The standard InChI is InChI=1S/C15H25N3O/c1-16-9-8-14-5-3-4-10-18(14)12-13-6-7-15(19-2)17-11-13/h6-7,11,14,16H,3-5,8-10,12H2,1-2H3. The van der Waals surface area contributed by atoms with Crippen molar-refractivity contribution < 1.29 is 4.74 Å². The molecule has 0 spiro atoms. The number of pyridine rings is 1. The molecule has 1 aromatic rings. The van der Waals surface area contributed by atoms with Gasteiger partial charge in [0, 0.05) is 24.8 Å². The summed E-state index contributed by atoms with van der Waals surface area (Å²) in [6, 6.07) is 4.78. The van der Waals surface area contributed by atoms with Crippen molar-refractivity contribution in [2.75, 3.05) is 27.2 Å². The van der Waals surface area contributed by atoms with Crippen molar-refractivity contribution in [2.24, 2.45) is 0 Å². The molecule has 1 aliphatic rings. The zero-order valence-electron chi connectivity index (χ0n) is 12.1. The summed E-state index contributed by atoms with van der Waals surface area (Å²) in [6.45, 7) is 3.31. The molecule has 2 rings (SSSR count). The number of aromatic nitrogens is 1. The summed E-state index contributed by atoms with van der Waals surface area (Å²) in [7, 11) is 3.68. The van der Waals surface area contributed by atoms with Crippen molar-refractivity contribution in [1.29, 1.82) is 0 Å². The molecule has 1 unspecified atom stereocenters. The van der Waals surface area contributed by atoms with Crippen LogP contribution in [-0.4, -0.2) is 43.2 Å². The SMILES string of the molecule is CNCCC1CCCCN1Cc1ccc(OC)nc1. The van der Waals surface area contributed by atoms with E-state index < -0.39 is 0 Å². The molecular formula is C15H25N3O. The van der Waals surface area contributed by atoms with E-state index in [2.05, 4.69) is 21.3 Å². The largest absolute Gasteiger partial charge is 0.481 e. The molecule has 1 N–H and O–H groups in total. The minimum Gasteiger partial charge on any atom is -0.481 e. The van der Waals surface area contributed by atoms with Crippen LogP contribution in [0.15, 0.2) is 18.3 Å². The molecule has 106 valence electrons. The number of nitrogens with one attached hydrogen (secondary N) is 1. The number of methoxy groups -OCH3 is 1. The van der Waals surface area contributed by atoms with Crippen LogP contribution in [0.25, 0.3) is 0 Å². The molecule has 19 heavy (non-hydrogen) atoms. The molecule has 1 aromatic heterocycles. The fraction of sp³-hybridized carbons (Fsp3) is 0.667. The van der Waals surface area contributed by atoms with Gasteiger partial charge in [-0.15, -0.1) is 0 Å². The lowest BCUT2D eigenvalue weighted by molar-refractivity contribution is 0.132. The van der Waals surface area contributed by atoms with Crippen molar-refractivity contribution in [1.82, 2.24) is 15.2 Å². The van der Waals surface area contributed by atoms with E-state index in [-0.39, 0.29) is 0 Å². The van der Waals surface area contributed by atoms with Crippen LogP contribution in [0, 0.1) is 0 Å². The third kappa shape index (κ3) is 4.18.